The number of hydrogen-bond acceptors (Lipinski definition) is 4. The second kappa shape index (κ2) is 5.55. The molecule has 2 heterocycles. The van der Waals surface area contributed by atoms with Crippen LogP contribution in [-0.4, -0.2) is 37.8 Å². The molecule has 1 N–H and O–H groups in total. The van der Waals surface area contributed by atoms with Crippen LogP contribution in [-0.2, 0) is 14.8 Å². The van der Waals surface area contributed by atoms with Crippen LogP contribution >= 0.6 is 0 Å². The molecule has 1 fully saturated rings. The summed E-state index contributed by atoms with van der Waals surface area (Å²) >= 11 is 0. The lowest BCUT2D eigenvalue weighted by atomic mass is 10.0. The number of benzene rings is 1. The molecule has 0 spiro atoms. The molecule has 120 valence electrons. The third-order valence-corrected chi connectivity index (χ3v) is 6.00. The van der Waals surface area contributed by atoms with E-state index in [9.17, 15) is 13.2 Å². The van der Waals surface area contributed by atoms with Crippen LogP contribution < -0.4 is 10.1 Å². The Labute approximate surface area is 130 Å². The Kier molecular flexibility index (Phi) is 3.86. The van der Waals surface area contributed by atoms with Gasteiger partial charge in [0.1, 0.15) is 5.75 Å². The molecule has 0 radical (unpaired) electrons. The van der Waals surface area contributed by atoms with Crippen LogP contribution in [0.15, 0.2) is 23.1 Å². The lowest BCUT2D eigenvalue weighted by Crippen LogP contribution is -2.39. The summed E-state index contributed by atoms with van der Waals surface area (Å²) in [5.41, 5.74) is 0.508. The Bertz CT molecular complexity index is 701. The quantitative estimate of drug-likeness (QED) is 0.900. The van der Waals surface area contributed by atoms with Gasteiger partial charge in [0.15, 0.2) is 6.10 Å². The van der Waals surface area contributed by atoms with E-state index >= 15 is 0 Å². The van der Waals surface area contributed by atoms with E-state index in [1.807, 2.05) is 0 Å². The smallest absolute Gasteiger partial charge is 0.265 e. The number of carbonyl (C=O) groups excluding carboxylic acids is 1. The van der Waals surface area contributed by atoms with Gasteiger partial charge in [-0.05, 0) is 37.8 Å². The van der Waals surface area contributed by atoms with Gasteiger partial charge in [0.25, 0.3) is 5.91 Å². The maximum Gasteiger partial charge on any atom is 0.265 e. The van der Waals surface area contributed by atoms with Gasteiger partial charge in [-0.25, -0.2) is 8.42 Å². The number of nitrogens with one attached hydrogen (secondary N) is 1. The van der Waals surface area contributed by atoms with Crippen molar-refractivity contribution in [2.24, 2.45) is 5.92 Å². The molecule has 1 amide bonds. The predicted octanol–water partition coefficient (Wildman–Crippen LogP) is 1.83. The van der Waals surface area contributed by atoms with Crippen molar-refractivity contribution in [3.63, 3.8) is 0 Å². The van der Waals surface area contributed by atoms with Gasteiger partial charge in [0.2, 0.25) is 10.0 Å². The summed E-state index contributed by atoms with van der Waals surface area (Å²) in [6, 6.07) is 4.60. The fraction of sp³-hybridized carbons (Fsp3) is 0.533. The van der Waals surface area contributed by atoms with Gasteiger partial charge in [-0.15, -0.1) is 0 Å². The van der Waals surface area contributed by atoms with Crippen molar-refractivity contribution < 1.29 is 17.9 Å². The van der Waals surface area contributed by atoms with Crippen LogP contribution in [0.5, 0.6) is 5.75 Å². The highest BCUT2D eigenvalue weighted by Crippen LogP contribution is 2.33. The summed E-state index contributed by atoms with van der Waals surface area (Å²) in [6.45, 7) is 4.80. The largest absolute Gasteiger partial charge is 0.479 e. The Balaban J connectivity index is 1.92. The van der Waals surface area contributed by atoms with E-state index < -0.39 is 16.1 Å². The minimum absolute atomic E-state index is 0.212. The van der Waals surface area contributed by atoms with Crippen LogP contribution in [0.3, 0.4) is 0 Å². The van der Waals surface area contributed by atoms with Crippen molar-refractivity contribution in [1.29, 1.82) is 0 Å². The molecule has 0 unspecified atom stereocenters. The number of amides is 1. The minimum Gasteiger partial charge on any atom is -0.479 e. The van der Waals surface area contributed by atoms with E-state index in [-0.39, 0.29) is 10.8 Å². The van der Waals surface area contributed by atoms with Gasteiger partial charge in [-0.1, -0.05) is 6.92 Å². The zero-order valence-electron chi connectivity index (χ0n) is 12.7. The first kappa shape index (κ1) is 15.3. The lowest BCUT2D eigenvalue weighted by Gasteiger charge is -2.30. The first-order valence-corrected chi connectivity index (χ1v) is 8.93. The summed E-state index contributed by atoms with van der Waals surface area (Å²) in [5.74, 6) is 0.544. The second-order valence-corrected chi connectivity index (χ2v) is 7.96. The van der Waals surface area contributed by atoms with Crippen LogP contribution in [0, 0.1) is 5.92 Å². The van der Waals surface area contributed by atoms with E-state index in [4.69, 9.17) is 4.74 Å². The molecule has 1 saturated heterocycles. The molecule has 2 aliphatic heterocycles. The van der Waals surface area contributed by atoms with Crippen LogP contribution in [0.2, 0.25) is 0 Å². The maximum atomic E-state index is 12.7. The molecule has 6 nitrogen and oxygen atoms in total. The highest BCUT2D eigenvalue weighted by Gasteiger charge is 2.31. The summed E-state index contributed by atoms with van der Waals surface area (Å²) in [4.78, 5) is 11.8. The summed E-state index contributed by atoms with van der Waals surface area (Å²) in [6.07, 6.45) is 1.32. The van der Waals surface area contributed by atoms with Gasteiger partial charge in [0, 0.05) is 19.2 Å². The normalized spacial score (nSPS) is 26.0. The minimum atomic E-state index is -3.52. The third kappa shape index (κ3) is 2.70. The molecule has 0 aliphatic carbocycles. The third-order valence-electron chi connectivity index (χ3n) is 4.14. The summed E-state index contributed by atoms with van der Waals surface area (Å²) in [7, 11) is -3.52. The Morgan fingerprint density at radius 1 is 1.32 bits per heavy atom. The van der Waals surface area contributed by atoms with Crippen molar-refractivity contribution in [2.45, 2.75) is 37.7 Å². The van der Waals surface area contributed by atoms with Crippen molar-refractivity contribution >= 4 is 21.6 Å². The number of hydrogen-bond donors (Lipinski definition) is 1. The number of fused-ring (bicyclic) bond motifs is 1. The average molecular weight is 324 g/mol. The Hall–Kier alpha value is -1.60. The summed E-state index contributed by atoms with van der Waals surface area (Å²) < 4.78 is 32.5. The van der Waals surface area contributed by atoms with Crippen molar-refractivity contribution in [2.75, 3.05) is 18.4 Å². The zero-order chi connectivity index (χ0) is 15.9. The first-order valence-electron chi connectivity index (χ1n) is 7.49. The number of carbonyl (C=O) groups is 1. The van der Waals surface area contributed by atoms with E-state index in [1.54, 1.807) is 13.0 Å². The second-order valence-electron chi connectivity index (χ2n) is 6.02. The SMILES string of the molecule is C[C@H]1CCCN(S(=O)(=O)c2ccc3c(c2)O[C@@H](C)C(=O)N3)C1. The molecule has 7 heteroatoms. The van der Waals surface area contributed by atoms with E-state index in [0.29, 0.717) is 30.4 Å². The molecule has 2 aliphatic rings. The molecule has 2 atom stereocenters. The van der Waals surface area contributed by atoms with Crippen LogP contribution in [0.4, 0.5) is 5.69 Å². The van der Waals surface area contributed by atoms with Gasteiger partial charge < -0.3 is 10.1 Å². The number of rotatable bonds is 2. The highest BCUT2D eigenvalue weighted by molar-refractivity contribution is 7.89. The van der Waals surface area contributed by atoms with E-state index in [0.717, 1.165) is 12.8 Å². The van der Waals surface area contributed by atoms with E-state index in [2.05, 4.69) is 12.2 Å². The van der Waals surface area contributed by atoms with Gasteiger partial charge in [0.05, 0.1) is 10.6 Å². The topological polar surface area (TPSA) is 75.7 Å². The van der Waals surface area contributed by atoms with Crippen molar-refractivity contribution in [3.05, 3.63) is 18.2 Å². The van der Waals surface area contributed by atoms with Gasteiger partial charge in [-0.2, -0.15) is 4.31 Å². The number of nitrogens with zero attached hydrogens (tertiary/aromatic N) is 1. The number of sulfonamides is 1. The number of anilines is 1. The van der Waals surface area contributed by atoms with Crippen molar-refractivity contribution in [1.82, 2.24) is 4.31 Å². The predicted molar refractivity (Wildman–Crippen MR) is 82.3 cm³/mol. The fourth-order valence-electron chi connectivity index (χ4n) is 2.86. The molecule has 22 heavy (non-hydrogen) atoms. The standard InChI is InChI=1S/C15H20N2O4S/c1-10-4-3-7-17(9-10)22(19,20)12-5-6-13-14(8-12)21-11(2)15(18)16-13/h5-6,8,10-11H,3-4,7,9H2,1-2H3,(H,16,18)/t10-,11-/m0/s1. The lowest BCUT2D eigenvalue weighted by molar-refractivity contribution is -0.122. The highest BCUT2D eigenvalue weighted by atomic mass is 32.2. The number of piperidine rings is 1. The molecule has 0 bridgehead atoms. The molecule has 1 aromatic rings. The summed E-state index contributed by atoms with van der Waals surface area (Å²) in [5, 5.41) is 2.70. The molecular weight excluding hydrogens is 304 g/mol. The maximum absolute atomic E-state index is 12.7. The van der Waals surface area contributed by atoms with Crippen LogP contribution in [0.1, 0.15) is 26.7 Å². The first-order chi connectivity index (χ1) is 10.4. The van der Waals surface area contributed by atoms with Crippen molar-refractivity contribution in [3.8, 4) is 5.75 Å². The van der Waals surface area contributed by atoms with Gasteiger partial charge in [-0.3, -0.25) is 4.79 Å². The molecule has 3 rings (SSSR count). The Morgan fingerprint density at radius 3 is 2.82 bits per heavy atom. The molecule has 0 saturated carbocycles. The number of ether oxygens (including phenoxy) is 1. The average Bonchev–Trinajstić information content (AvgIpc) is 2.48. The molecular formula is C15H20N2O4S. The zero-order valence-corrected chi connectivity index (χ0v) is 13.5. The van der Waals surface area contributed by atoms with Gasteiger partial charge >= 0.3 is 0 Å². The van der Waals surface area contributed by atoms with E-state index in [1.165, 1.54) is 16.4 Å². The monoisotopic (exact) mass is 324 g/mol. The molecule has 0 aromatic heterocycles. The molecule has 1 aromatic carbocycles. The Morgan fingerprint density at radius 2 is 2.09 bits per heavy atom. The fourth-order valence-corrected chi connectivity index (χ4v) is 4.47. The van der Waals surface area contributed by atoms with Crippen LogP contribution in [0.25, 0.3) is 0 Å².